The van der Waals surface area contributed by atoms with Crippen molar-refractivity contribution in [3.8, 4) is 11.5 Å². The van der Waals surface area contributed by atoms with Gasteiger partial charge in [-0.05, 0) is 68.8 Å². The van der Waals surface area contributed by atoms with Gasteiger partial charge < -0.3 is 24.0 Å². The maximum absolute atomic E-state index is 13.1. The third-order valence-corrected chi connectivity index (χ3v) is 6.68. The van der Waals surface area contributed by atoms with Crippen molar-refractivity contribution >= 4 is 5.91 Å². The number of ether oxygens (including phenoxy) is 3. The van der Waals surface area contributed by atoms with Gasteiger partial charge in [0, 0.05) is 32.7 Å². The molecule has 6 nitrogen and oxygen atoms in total. The summed E-state index contributed by atoms with van der Waals surface area (Å²) >= 11 is 0. The molecule has 168 valence electrons. The lowest BCUT2D eigenvalue weighted by atomic mass is 9.83. The zero-order valence-electron chi connectivity index (χ0n) is 18.9. The average Bonchev–Trinajstić information content (AvgIpc) is 2.80. The predicted octanol–water partition coefficient (Wildman–Crippen LogP) is 3.38. The van der Waals surface area contributed by atoms with E-state index >= 15 is 0 Å². The van der Waals surface area contributed by atoms with E-state index in [1.165, 1.54) is 45.2 Å². The van der Waals surface area contributed by atoms with Crippen molar-refractivity contribution in [2.45, 2.75) is 51.0 Å². The summed E-state index contributed by atoms with van der Waals surface area (Å²) in [6, 6.07) is 6.53. The minimum Gasteiger partial charge on any atom is -0.493 e. The summed E-state index contributed by atoms with van der Waals surface area (Å²) in [5.41, 5.74) is 1.09. The number of nitrogens with zero attached hydrogens (tertiary/aromatic N) is 2. The van der Waals surface area contributed by atoms with Gasteiger partial charge >= 0.3 is 0 Å². The monoisotopic (exact) mass is 418 g/mol. The summed E-state index contributed by atoms with van der Waals surface area (Å²) in [6.07, 6.45) is 7.60. The second-order valence-electron chi connectivity index (χ2n) is 8.52. The molecule has 0 unspecified atom stereocenters. The lowest BCUT2D eigenvalue weighted by molar-refractivity contribution is -0.133. The van der Waals surface area contributed by atoms with Crippen molar-refractivity contribution in [2.24, 2.45) is 5.92 Å². The number of hydrogen-bond acceptors (Lipinski definition) is 5. The molecule has 0 radical (unpaired) electrons. The fourth-order valence-corrected chi connectivity index (χ4v) is 5.04. The van der Waals surface area contributed by atoms with Crippen molar-refractivity contribution in [2.75, 3.05) is 54.1 Å². The van der Waals surface area contributed by atoms with Crippen molar-refractivity contribution in [3.63, 3.8) is 0 Å². The summed E-state index contributed by atoms with van der Waals surface area (Å²) in [5.74, 6) is 2.22. The molecule has 2 saturated heterocycles. The first-order valence-electron chi connectivity index (χ1n) is 11.4. The van der Waals surface area contributed by atoms with Gasteiger partial charge in [-0.25, -0.2) is 0 Å². The van der Waals surface area contributed by atoms with Gasteiger partial charge in [0.05, 0.1) is 20.8 Å². The second-order valence-corrected chi connectivity index (χ2v) is 8.52. The van der Waals surface area contributed by atoms with Crippen molar-refractivity contribution < 1.29 is 19.0 Å². The molecule has 2 fully saturated rings. The highest BCUT2D eigenvalue weighted by Gasteiger charge is 2.34. The maximum Gasteiger partial charge on any atom is 0.222 e. The van der Waals surface area contributed by atoms with Crippen LogP contribution in [-0.4, -0.2) is 75.9 Å². The molecule has 2 aliphatic heterocycles. The minimum absolute atomic E-state index is 0.217. The van der Waals surface area contributed by atoms with Crippen LogP contribution in [0, 0.1) is 5.92 Å². The molecule has 1 aromatic rings. The molecule has 1 aromatic carbocycles. The molecule has 2 heterocycles. The van der Waals surface area contributed by atoms with E-state index in [1.54, 1.807) is 21.3 Å². The molecule has 0 aliphatic carbocycles. The van der Waals surface area contributed by atoms with Crippen LogP contribution in [0.15, 0.2) is 18.2 Å². The number of methoxy groups -OCH3 is 3. The number of carbonyl (C=O) groups is 1. The van der Waals surface area contributed by atoms with Crippen LogP contribution in [-0.2, 0) is 16.0 Å². The first kappa shape index (κ1) is 22.9. The number of rotatable bonds is 10. The van der Waals surface area contributed by atoms with Crippen LogP contribution < -0.4 is 9.47 Å². The van der Waals surface area contributed by atoms with Crippen LogP contribution in [0.25, 0.3) is 0 Å². The Morgan fingerprint density at radius 3 is 2.63 bits per heavy atom. The number of carbonyl (C=O) groups excluding carboxylic acids is 1. The van der Waals surface area contributed by atoms with Crippen LogP contribution in [0.1, 0.15) is 44.1 Å². The molecule has 2 atom stereocenters. The molecule has 0 bridgehead atoms. The zero-order chi connectivity index (χ0) is 21.3. The van der Waals surface area contributed by atoms with E-state index in [9.17, 15) is 4.79 Å². The highest BCUT2D eigenvalue weighted by atomic mass is 16.5. The van der Waals surface area contributed by atoms with E-state index in [-0.39, 0.29) is 5.91 Å². The number of aryl methyl sites for hydroxylation is 1. The molecule has 0 N–H and O–H groups in total. The van der Waals surface area contributed by atoms with Crippen LogP contribution >= 0.6 is 0 Å². The molecule has 6 heteroatoms. The van der Waals surface area contributed by atoms with Crippen molar-refractivity contribution in [1.29, 1.82) is 0 Å². The Balaban J connectivity index is 1.60. The quantitative estimate of drug-likeness (QED) is 0.583. The molecule has 0 spiro atoms. The first-order chi connectivity index (χ1) is 14.7. The smallest absolute Gasteiger partial charge is 0.222 e. The fraction of sp³-hybridized carbons (Fsp3) is 0.708. The molecular weight excluding hydrogens is 380 g/mol. The average molecular weight is 419 g/mol. The summed E-state index contributed by atoms with van der Waals surface area (Å²) in [4.78, 5) is 17.9. The van der Waals surface area contributed by atoms with Crippen molar-refractivity contribution in [1.82, 2.24) is 9.80 Å². The molecule has 1 amide bonds. The lowest BCUT2D eigenvalue weighted by Crippen LogP contribution is -2.52. The van der Waals surface area contributed by atoms with Gasteiger partial charge in [0.2, 0.25) is 5.91 Å². The highest BCUT2D eigenvalue weighted by molar-refractivity contribution is 5.76. The predicted molar refractivity (Wildman–Crippen MR) is 118 cm³/mol. The van der Waals surface area contributed by atoms with E-state index in [2.05, 4.69) is 4.90 Å². The number of piperidine rings is 2. The maximum atomic E-state index is 13.1. The fourth-order valence-electron chi connectivity index (χ4n) is 5.04. The van der Waals surface area contributed by atoms with E-state index in [1.807, 2.05) is 23.1 Å². The van der Waals surface area contributed by atoms with E-state index in [4.69, 9.17) is 14.2 Å². The summed E-state index contributed by atoms with van der Waals surface area (Å²) in [5, 5.41) is 0. The number of hydrogen-bond donors (Lipinski definition) is 0. The van der Waals surface area contributed by atoms with Gasteiger partial charge in [-0.1, -0.05) is 12.5 Å². The standard InChI is InChI=1S/C24H38N2O4/c1-28-16-15-26(18-20-7-6-14-25-13-5-4-8-21(20)25)24(27)12-10-19-9-11-22(29-2)23(17-19)30-3/h9,11,17,20-21H,4-8,10,12-16,18H2,1-3H3/t20-,21+/m0/s1. The number of fused-ring (bicyclic) bond motifs is 1. The third kappa shape index (κ3) is 5.88. The van der Waals surface area contributed by atoms with Gasteiger partial charge in [-0.3, -0.25) is 4.79 Å². The molecule has 0 aromatic heterocycles. The normalized spacial score (nSPS) is 21.7. The number of amides is 1. The zero-order valence-corrected chi connectivity index (χ0v) is 18.9. The van der Waals surface area contributed by atoms with Gasteiger partial charge in [-0.15, -0.1) is 0 Å². The Morgan fingerprint density at radius 1 is 1.07 bits per heavy atom. The van der Waals surface area contributed by atoms with E-state index in [0.29, 0.717) is 49.5 Å². The minimum atomic E-state index is 0.217. The SMILES string of the molecule is COCCN(C[C@@H]1CCCN2CCCC[C@H]12)C(=O)CCc1ccc(OC)c(OC)c1. The summed E-state index contributed by atoms with van der Waals surface area (Å²) in [6.45, 7) is 4.57. The first-order valence-corrected chi connectivity index (χ1v) is 11.4. The number of benzene rings is 1. The van der Waals surface area contributed by atoms with Crippen LogP contribution in [0.3, 0.4) is 0 Å². The van der Waals surface area contributed by atoms with Gasteiger partial charge in [0.1, 0.15) is 0 Å². The lowest BCUT2D eigenvalue weighted by Gasteiger charge is -2.45. The summed E-state index contributed by atoms with van der Waals surface area (Å²) in [7, 11) is 4.97. The largest absolute Gasteiger partial charge is 0.493 e. The molecule has 30 heavy (non-hydrogen) atoms. The Kier molecular flexibility index (Phi) is 8.82. The third-order valence-electron chi connectivity index (χ3n) is 6.68. The van der Waals surface area contributed by atoms with Gasteiger partial charge in [0.25, 0.3) is 0 Å². The van der Waals surface area contributed by atoms with Crippen LogP contribution in [0.2, 0.25) is 0 Å². The Bertz CT molecular complexity index is 679. The topological polar surface area (TPSA) is 51.2 Å². The Morgan fingerprint density at radius 2 is 1.87 bits per heavy atom. The molecule has 3 rings (SSSR count). The van der Waals surface area contributed by atoms with E-state index < -0.39 is 0 Å². The highest BCUT2D eigenvalue weighted by Crippen LogP contribution is 2.32. The molecule has 0 saturated carbocycles. The Hall–Kier alpha value is -1.79. The summed E-state index contributed by atoms with van der Waals surface area (Å²) < 4.78 is 16.0. The second kappa shape index (κ2) is 11.6. The Labute approximate surface area is 181 Å². The van der Waals surface area contributed by atoms with Gasteiger partial charge in [-0.2, -0.15) is 0 Å². The molecular formula is C24H38N2O4. The van der Waals surface area contributed by atoms with Crippen molar-refractivity contribution in [3.05, 3.63) is 23.8 Å². The van der Waals surface area contributed by atoms with Crippen LogP contribution in [0.5, 0.6) is 11.5 Å². The van der Waals surface area contributed by atoms with E-state index in [0.717, 1.165) is 12.1 Å². The van der Waals surface area contributed by atoms with Crippen LogP contribution in [0.4, 0.5) is 0 Å². The molecule has 2 aliphatic rings. The van der Waals surface area contributed by atoms with Gasteiger partial charge in [0.15, 0.2) is 11.5 Å².